The second kappa shape index (κ2) is 9.88. The third-order valence-electron chi connectivity index (χ3n) is 7.82. The normalized spacial score (nSPS) is 27.0. The predicted molar refractivity (Wildman–Crippen MR) is 126 cm³/mol. The van der Waals surface area contributed by atoms with Gasteiger partial charge in [-0.05, 0) is 72.4 Å². The second-order valence-corrected chi connectivity index (χ2v) is 10.2. The summed E-state index contributed by atoms with van der Waals surface area (Å²) < 4.78 is 126. The van der Waals surface area contributed by atoms with E-state index in [1.54, 1.807) is 6.92 Å². The molecule has 0 saturated carbocycles. The first-order valence-corrected chi connectivity index (χ1v) is 12.4. The van der Waals surface area contributed by atoms with Gasteiger partial charge in [-0.1, -0.05) is 24.3 Å². The van der Waals surface area contributed by atoms with E-state index in [9.17, 15) is 44.3 Å². The maximum Gasteiger partial charge on any atom is 0.416 e. The number of rotatable bonds is 4. The smallest absolute Gasteiger partial charge is 0.416 e. The number of ether oxygens (including phenoxy) is 1. The molecule has 1 aliphatic carbocycles. The summed E-state index contributed by atoms with van der Waals surface area (Å²) in [5, 5.41) is 0. The molecule has 0 spiro atoms. The highest BCUT2D eigenvalue weighted by Crippen LogP contribution is 2.49. The number of benzene rings is 2. The zero-order chi connectivity index (χ0) is 29.1. The Hall–Kier alpha value is -3.44. The van der Waals surface area contributed by atoms with E-state index < -0.39 is 78.3 Å². The Morgan fingerprint density at radius 1 is 0.975 bits per heavy atom. The number of hydrogen-bond donors (Lipinski definition) is 0. The van der Waals surface area contributed by atoms with E-state index in [0.29, 0.717) is 22.8 Å². The van der Waals surface area contributed by atoms with Gasteiger partial charge in [0.2, 0.25) is 6.43 Å². The largest absolute Gasteiger partial charge is 0.439 e. The molecule has 12 heteroatoms. The van der Waals surface area contributed by atoms with Crippen molar-refractivity contribution in [2.24, 2.45) is 5.92 Å². The van der Waals surface area contributed by atoms with Gasteiger partial charge in [0.15, 0.2) is 0 Å². The van der Waals surface area contributed by atoms with Crippen molar-refractivity contribution in [1.82, 2.24) is 4.90 Å². The number of halogens is 9. The van der Waals surface area contributed by atoms with Crippen molar-refractivity contribution in [1.29, 1.82) is 0 Å². The number of cyclic esters (lactones) is 1. The number of hydrogen-bond acceptors (Lipinski definition) is 2. The number of carbonyl (C=O) groups is 1. The first-order chi connectivity index (χ1) is 18.6. The average molecular weight is 575 g/mol. The number of alkyl halides is 8. The molecule has 2 aliphatic heterocycles. The lowest BCUT2D eigenvalue weighted by Gasteiger charge is -2.27. The van der Waals surface area contributed by atoms with Crippen molar-refractivity contribution in [3.63, 3.8) is 0 Å². The van der Waals surface area contributed by atoms with E-state index in [4.69, 9.17) is 4.74 Å². The van der Waals surface area contributed by atoms with E-state index in [2.05, 4.69) is 0 Å². The van der Waals surface area contributed by atoms with Crippen LogP contribution in [0.25, 0.3) is 11.1 Å². The Labute approximate surface area is 222 Å². The Balaban J connectivity index is 1.49. The Kier molecular flexibility index (Phi) is 6.94. The molecular weight excluding hydrogens is 553 g/mol. The van der Waals surface area contributed by atoms with Crippen LogP contribution in [-0.4, -0.2) is 41.8 Å². The molecule has 0 aromatic heterocycles. The van der Waals surface area contributed by atoms with Crippen molar-refractivity contribution in [3.8, 4) is 11.1 Å². The van der Waals surface area contributed by atoms with E-state index in [0.717, 1.165) is 18.2 Å². The van der Waals surface area contributed by atoms with Crippen LogP contribution in [0.15, 0.2) is 65.8 Å². The molecule has 2 aromatic rings. The Bertz CT molecular complexity index is 1360. The van der Waals surface area contributed by atoms with Gasteiger partial charge in [-0.3, -0.25) is 4.90 Å². The summed E-state index contributed by atoms with van der Waals surface area (Å²) in [6.07, 6.45) is -13.6. The van der Waals surface area contributed by atoms with E-state index in [1.807, 2.05) is 0 Å². The number of nitrogens with zero attached hydrogens (tertiary/aromatic N) is 1. The van der Waals surface area contributed by atoms with Crippen LogP contribution in [0.1, 0.15) is 36.8 Å². The van der Waals surface area contributed by atoms with Crippen LogP contribution in [-0.2, 0) is 10.9 Å². The van der Waals surface area contributed by atoms with Crippen LogP contribution in [0.5, 0.6) is 0 Å². The average Bonchev–Trinajstić information content (AvgIpc) is 3.39. The molecule has 5 unspecified atom stereocenters. The van der Waals surface area contributed by atoms with E-state index in [1.165, 1.54) is 35.2 Å². The van der Waals surface area contributed by atoms with Crippen molar-refractivity contribution < 1.29 is 49.0 Å². The minimum absolute atomic E-state index is 0.0732. The summed E-state index contributed by atoms with van der Waals surface area (Å²) in [7, 11) is 0. The van der Waals surface area contributed by atoms with Crippen LogP contribution in [0.4, 0.5) is 44.3 Å². The van der Waals surface area contributed by atoms with Gasteiger partial charge in [0.1, 0.15) is 11.9 Å². The molecular formula is C28H22F9NO2. The quantitative estimate of drug-likeness (QED) is 0.344. The third-order valence-corrected chi connectivity index (χ3v) is 7.82. The maximum atomic E-state index is 14.3. The van der Waals surface area contributed by atoms with Crippen molar-refractivity contribution in [2.45, 2.75) is 62.6 Å². The lowest BCUT2D eigenvalue weighted by Crippen LogP contribution is -2.36. The van der Waals surface area contributed by atoms with Gasteiger partial charge in [-0.2, -0.15) is 26.3 Å². The maximum absolute atomic E-state index is 14.3. The summed E-state index contributed by atoms with van der Waals surface area (Å²) in [5.41, 5.74) is -1.07. The van der Waals surface area contributed by atoms with Crippen molar-refractivity contribution in [2.75, 3.05) is 0 Å². The molecule has 1 amide bonds. The van der Waals surface area contributed by atoms with Gasteiger partial charge < -0.3 is 4.74 Å². The topological polar surface area (TPSA) is 29.5 Å². The molecule has 5 rings (SSSR count). The van der Waals surface area contributed by atoms with Gasteiger partial charge in [-0.15, -0.1) is 0 Å². The molecule has 3 aliphatic rings. The number of amides is 1. The second-order valence-electron chi connectivity index (χ2n) is 10.2. The van der Waals surface area contributed by atoms with E-state index >= 15 is 0 Å². The van der Waals surface area contributed by atoms with Crippen LogP contribution < -0.4 is 0 Å². The standard InChI is InChI=1S/C28H22F9NO2/c1-13-21(20-7-6-19(29)11-22(20)14-2-4-17(5-3-14)27(32,33)34)12-23-24(40-26(39)38(13)23)15-8-16(25(30)31)10-18(9-15)28(35,36)37/h2-7,9-11,13,16,21,23-25H,8,12H2,1H3. The van der Waals surface area contributed by atoms with Crippen LogP contribution in [0.2, 0.25) is 0 Å². The third kappa shape index (κ3) is 5.08. The fourth-order valence-electron chi connectivity index (χ4n) is 5.94. The molecule has 2 fully saturated rings. The molecule has 2 heterocycles. The molecule has 2 aromatic carbocycles. The fourth-order valence-corrected chi connectivity index (χ4v) is 5.94. The predicted octanol–water partition coefficient (Wildman–Crippen LogP) is 8.28. The molecule has 0 N–H and O–H groups in total. The van der Waals surface area contributed by atoms with Gasteiger partial charge in [0.05, 0.1) is 17.2 Å². The number of allylic oxidation sites excluding steroid dienone is 3. The molecule has 2 saturated heterocycles. The SMILES string of the molecule is CC1C(c2ccc(F)cc2-c2ccc(C(F)(F)F)cc2)CC2C(C3=CC(C(F)(F)F)=CC(C(F)F)C3)OC(=O)N12. The minimum atomic E-state index is -4.88. The Morgan fingerprint density at radius 2 is 1.65 bits per heavy atom. The van der Waals surface area contributed by atoms with Gasteiger partial charge in [0.25, 0.3) is 0 Å². The number of carbonyl (C=O) groups excluding carboxylic acids is 1. The van der Waals surface area contributed by atoms with Crippen molar-refractivity contribution in [3.05, 3.63) is 82.7 Å². The lowest BCUT2D eigenvalue weighted by molar-refractivity contribution is -0.137. The van der Waals surface area contributed by atoms with Crippen molar-refractivity contribution >= 4 is 6.09 Å². The zero-order valence-corrected chi connectivity index (χ0v) is 20.7. The summed E-state index contributed by atoms with van der Waals surface area (Å²) in [5.74, 6) is -2.84. The van der Waals surface area contributed by atoms with Gasteiger partial charge in [-0.25, -0.2) is 18.0 Å². The molecule has 5 atom stereocenters. The Morgan fingerprint density at radius 3 is 2.25 bits per heavy atom. The zero-order valence-electron chi connectivity index (χ0n) is 20.7. The summed E-state index contributed by atoms with van der Waals surface area (Å²) in [6.45, 7) is 1.67. The molecule has 0 bridgehead atoms. The highest BCUT2D eigenvalue weighted by Gasteiger charge is 2.54. The minimum Gasteiger partial charge on any atom is -0.439 e. The summed E-state index contributed by atoms with van der Waals surface area (Å²) in [6, 6.07) is 6.59. The molecule has 214 valence electrons. The summed E-state index contributed by atoms with van der Waals surface area (Å²) in [4.78, 5) is 14.2. The molecule has 0 radical (unpaired) electrons. The van der Waals surface area contributed by atoms with Crippen LogP contribution in [0.3, 0.4) is 0 Å². The first kappa shape index (κ1) is 28.1. The lowest BCUT2D eigenvalue weighted by atomic mass is 9.82. The summed E-state index contributed by atoms with van der Waals surface area (Å²) >= 11 is 0. The molecule has 3 nitrogen and oxygen atoms in total. The number of fused-ring (bicyclic) bond motifs is 1. The van der Waals surface area contributed by atoms with Crippen LogP contribution in [0, 0.1) is 11.7 Å². The monoisotopic (exact) mass is 575 g/mol. The first-order valence-electron chi connectivity index (χ1n) is 12.4. The van der Waals surface area contributed by atoms with Gasteiger partial charge >= 0.3 is 18.4 Å². The highest BCUT2D eigenvalue weighted by atomic mass is 19.4. The van der Waals surface area contributed by atoms with E-state index in [-0.39, 0.29) is 12.0 Å². The fraction of sp³-hybridized carbons (Fsp3) is 0.393. The highest BCUT2D eigenvalue weighted by molar-refractivity contribution is 5.74. The van der Waals surface area contributed by atoms with Crippen LogP contribution >= 0.6 is 0 Å². The molecule has 40 heavy (non-hydrogen) atoms. The van der Waals surface area contributed by atoms with Gasteiger partial charge in [0, 0.05) is 17.9 Å².